The summed E-state index contributed by atoms with van der Waals surface area (Å²) in [6.45, 7) is -0.480. The predicted octanol–water partition coefficient (Wildman–Crippen LogP) is 1.01. The van der Waals surface area contributed by atoms with Gasteiger partial charge in [0.1, 0.15) is 11.9 Å². The Morgan fingerprint density at radius 2 is 2.07 bits per heavy atom. The fourth-order valence-electron chi connectivity index (χ4n) is 1.07. The number of ether oxygens (including phenoxy) is 1. The summed E-state index contributed by atoms with van der Waals surface area (Å²) in [5.74, 6) is 0.655. The molecule has 0 aliphatic heterocycles. The van der Waals surface area contributed by atoms with Crippen LogP contribution in [0.2, 0.25) is 0 Å². The fraction of sp³-hybridized carbons (Fsp3) is 0.333. The van der Waals surface area contributed by atoms with Gasteiger partial charge in [-0.05, 0) is 17.7 Å². The van der Waals surface area contributed by atoms with E-state index in [0.29, 0.717) is 11.3 Å². The first kappa shape index (κ1) is 10.5. The minimum Gasteiger partial charge on any atom is -0.497 e. The largest absolute Gasteiger partial charge is 0.497 e. The predicted molar refractivity (Wildman–Crippen MR) is 49.8 cm³/mol. The number of aliphatic hydroxyl groups excluding tert-OH is 1. The van der Waals surface area contributed by atoms with E-state index < -0.39 is 17.6 Å². The van der Waals surface area contributed by atoms with Crippen LogP contribution in [0.15, 0.2) is 24.3 Å². The van der Waals surface area contributed by atoms with Gasteiger partial charge < -0.3 is 9.84 Å². The molecule has 1 atom stereocenters. The highest BCUT2D eigenvalue weighted by molar-refractivity contribution is 5.28. The summed E-state index contributed by atoms with van der Waals surface area (Å²) in [6, 6.07) is 6.51. The molecular weight excluding hydrogens is 186 g/mol. The Balaban J connectivity index is 2.71. The Labute approximate surface area is 81.1 Å². The molecule has 1 aromatic carbocycles. The van der Waals surface area contributed by atoms with E-state index in [1.165, 1.54) is 7.11 Å². The molecule has 0 bridgehead atoms. The SMILES string of the molecule is COc1ccc(C(O)C[N+](=O)[O-])cc1. The molecule has 1 aromatic rings. The standard InChI is InChI=1S/C9H11NO4/c1-14-8-4-2-7(3-5-8)9(11)6-10(12)13/h2-5,9,11H,6H2,1H3. The van der Waals surface area contributed by atoms with Gasteiger partial charge >= 0.3 is 0 Å². The Kier molecular flexibility index (Phi) is 3.41. The van der Waals surface area contributed by atoms with Crippen LogP contribution in [-0.2, 0) is 0 Å². The molecule has 1 N–H and O–H groups in total. The number of benzene rings is 1. The molecular formula is C9H11NO4. The summed E-state index contributed by atoms with van der Waals surface area (Å²) in [5.41, 5.74) is 0.516. The molecule has 1 unspecified atom stereocenters. The Hall–Kier alpha value is -1.62. The number of aliphatic hydroxyl groups is 1. The molecule has 0 saturated carbocycles. The normalized spacial score (nSPS) is 12.1. The molecule has 5 heteroatoms. The van der Waals surface area contributed by atoms with Crippen molar-refractivity contribution in [3.05, 3.63) is 39.9 Å². The topological polar surface area (TPSA) is 72.6 Å². The van der Waals surface area contributed by atoms with Crippen LogP contribution in [0.25, 0.3) is 0 Å². The Bertz CT molecular complexity index is 309. The van der Waals surface area contributed by atoms with Crippen molar-refractivity contribution in [1.82, 2.24) is 0 Å². The van der Waals surface area contributed by atoms with Crippen LogP contribution in [0.1, 0.15) is 11.7 Å². The monoisotopic (exact) mass is 197 g/mol. The molecule has 0 fully saturated rings. The Morgan fingerprint density at radius 1 is 1.50 bits per heavy atom. The van der Waals surface area contributed by atoms with Crippen molar-refractivity contribution < 1.29 is 14.8 Å². The number of hydrogen-bond donors (Lipinski definition) is 1. The summed E-state index contributed by atoms with van der Waals surface area (Å²) in [7, 11) is 1.53. The van der Waals surface area contributed by atoms with Gasteiger partial charge in [-0.3, -0.25) is 10.1 Å². The first-order valence-corrected chi connectivity index (χ1v) is 4.07. The zero-order valence-electron chi connectivity index (χ0n) is 7.71. The lowest BCUT2D eigenvalue weighted by Crippen LogP contribution is -2.11. The maximum absolute atomic E-state index is 10.1. The van der Waals surface area contributed by atoms with Crippen LogP contribution in [0.4, 0.5) is 0 Å². The van der Waals surface area contributed by atoms with Crippen LogP contribution >= 0.6 is 0 Å². The molecule has 0 aromatic heterocycles. The molecule has 0 spiro atoms. The summed E-state index contributed by atoms with van der Waals surface area (Å²) < 4.78 is 4.91. The van der Waals surface area contributed by atoms with Gasteiger partial charge in [-0.15, -0.1) is 0 Å². The fourth-order valence-corrected chi connectivity index (χ4v) is 1.07. The van der Waals surface area contributed by atoms with Crippen LogP contribution in [0.5, 0.6) is 5.75 Å². The van der Waals surface area contributed by atoms with E-state index in [9.17, 15) is 15.2 Å². The second kappa shape index (κ2) is 4.57. The third-order valence-corrected chi connectivity index (χ3v) is 1.82. The lowest BCUT2D eigenvalue weighted by atomic mass is 10.1. The number of methoxy groups -OCH3 is 1. The highest BCUT2D eigenvalue weighted by Crippen LogP contribution is 2.17. The van der Waals surface area contributed by atoms with E-state index in [4.69, 9.17) is 4.74 Å². The first-order valence-electron chi connectivity index (χ1n) is 4.07. The molecule has 5 nitrogen and oxygen atoms in total. The molecule has 0 amide bonds. The lowest BCUT2D eigenvalue weighted by Gasteiger charge is -2.06. The van der Waals surface area contributed by atoms with Gasteiger partial charge in [0, 0.05) is 4.92 Å². The Morgan fingerprint density at radius 3 is 2.50 bits per heavy atom. The molecule has 0 saturated heterocycles. The van der Waals surface area contributed by atoms with E-state index in [0.717, 1.165) is 0 Å². The number of nitro groups is 1. The van der Waals surface area contributed by atoms with Gasteiger partial charge in [-0.2, -0.15) is 0 Å². The highest BCUT2D eigenvalue weighted by atomic mass is 16.6. The smallest absolute Gasteiger partial charge is 0.233 e. The van der Waals surface area contributed by atoms with E-state index in [1.807, 2.05) is 0 Å². The number of nitrogens with zero attached hydrogens (tertiary/aromatic N) is 1. The molecule has 14 heavy (non-hydrogen) atoms. The van der Waals surface area contributed by atoms with Crippen LogP contribution in [0.3, 0.4) is 0 Å². The van der Waals surface area contributed by atoms with Gasteiger partial charge in [0.05, 0.1) is 7.11 Å². The van der Waals surface area contributed by atoms with Crippen LogP contribution < -0.4 is 4.74 Å². The maximum atomic E-state index is 10.1. The van der Waals surface area contributed by atoms with Crippen molar-refractivity contribution in [2.24, 2.45) is 0 Å². The molecule has 0 aliphatic rings. The first-order chi connectivity index (χ1) is 6.63. The van der Waals surface area contributed by atoms with E-state index in [1.54, 1.807) is 24.3 Å². The van der Waals surface area contributed by atoms with Crippen LogP contribution in [-0.4, -0.2) is 23.7 Å². The highest BCUT2D eigenvalue weighted by Gasteiger charge is 2.13. The van der Waals surface area contributed by atoms with E-state index in [2.05, 4.69) is 0 Å². The average Bonchev–Trinajstić information content (AvgIpc) is 2.17. The third-order valence-electron chi connectivity index (χ3n) is 1.82. The lowest BCUT2D eigenvalue weighted by molar-refractivity contribution is -0.491. The zero-order valence-corrected chi connectivity index (χ0v) is 7.71. The molecule has 1 rings (SSSR count). The second-order valence-electron chi connectivity index (χ2n) is 2.80. The van der Waals surface area contributed by atoms with Crippen molar-refractivity contribution in [2.75, 3.05) is 13.7 Å². The average molecular weight is 197 g/mol. The van der Waals surface area contributed by atoms with Crippen molar-refractivity contribution in [3.63, 3.8) is 0 Å². The van der Waals surface area contributed by atoms with Crippen molar-refractivity contribution >= 4 is 0 Å². The number of rotatable bonds is 4. The summed E-state index contributed by atoms with van der Waals surface area (Å²) in [4.78, 5) is 9.58. The minimum atomic E-state index is -1.06. The van der Waals surface area contributed by atoms with Crippen LogP contribution in [0, 0.1) is 10.1 Å². The van der Waals surface area contributed by atoms with Gasteiger partial charge in [-0.1, -0.05) is 12.1 Å². The summed E-state index contributed by atoms with van der Waals surface area (Å²) in [6.07, 6.45) is -1.06. The van der Waals surface area contributed by atoms with E-state index in [-0.39, 0.29) is 0 Å². The zero-order chi connectivity index (χ0) is 10.6. The van der Waals surface area contributed by atoms with Crippen molar-refractivity contribution in [3.8, 4) is 5.75 Å². The van der Waals surface area contributed by atoms with Gasteiger partial charge in [0.15, 0.2) is 0 Å². The quantitative estimate of drug-likeness (QED) is 0.577. The van der Waals surface area contributed by atoms with Gasteiger partial charge in [0.2, 0.25) is 6.54 Å². The minimum absolute atomic E-state index is 0.480. The van der Waals surface area contributed by atoms with Gasteiger partial charge in [-0.25, -0.2) is 0 Å². The maximum Gasteiger partial charge on any atom is 0.233 e. The molecule has 0 heterocycles. The molecule has 76 valence electrons. The summed E-state index contributed by atoms with van der Waals surface area (Å²) in [5, 5.41) is 19.5. The third kappa shape index (κ3) is 2.70. The summed E-state index contributed by atoms with van der Waals surface area (Å²) >= 11 is 0. The van der Waals surface area contributed by atoms with Gasteiger partial charge in [0.25, 0.3) is 0 Å². The second-order valence-corrected chi connectivity index (χ2v) is 2.80. The van der Waals surface area contributed by atoms with Crippen molar-refractivity contribution in [1.29, 1.82) is 0 Å². The van der Waals surface area contributed by atoms with E-state index >= 15 is 0 Å². The number of hydrogen-bond acceptors (Lipinski definition) is 4. The molecule has 0 radical (unpaired) electrons. The van der Waals surface area contributed by atoms with Crippen molar-refractivity contribution in [2.45, 2.75) is 6.10 Å². The molecule has 0 aliphatic carbocycles.